The van der Waals surface area contributed by atoms with Crippen molar-refractivity contribution in [3.05, 3.63) is 0 Å². The molecule has 0 aromatic heterocycles. The van der Waals surface area contributed by atoms with E-state index in [4.69, 9.17) is 10.2 Å². The highest BCUT2D eigenvalue weighted by atomic mass is 16.3. The van der Waals surface area contributed by atoms with Gasteiger partial charge in [-0.25, -0.2) is 5.32 Å². The van der Waals surface area contributed by atoms with Crippen molar-refractivity contribution < 1.29 is 10.2 Å². The summed E-state index contributed by atoms with van der Waals surface area (Å²) in [6.07, 6.45) is -0.318. The van der Waals surface area contributed by atoms with Gasteiger partial charge in [-0.15, -0.1) is 0 Å². The van der Waals surface area contributed by atoms with Crippen molar-refractivity contribution in [2.45, 2.75) is 18.6 Å². The largest absolute Gasteiger partial charge is 0.392 e. The molecule has 1 rings (SSSR count). The van der Waals surface area contributed by atoms with E-state index in [0.29, 0.717) is 19.5 Å². The average Bonchev–Trinajstić information content (AvgIpc) is 1.64. The van der Waals surface area contributed by atoms with Gasteiger partial charge in [0.05, 0.1) is 12.2 Å². The van der Waals surface area contributed by atoms with Crippen LogP contribution in [0.4, 0.5) is 0 Å². The van der Waals surface area contributed by atoms with Crippen molar-refractivity contribution in [2.24, 2.45) is 0 Å². The van der Waals surface area contributed by atoms with Crippen LogP contribution < -0.4 is 5.32 Å². The second-order valence-electron chi connectivity index (χ2n) is 2.13. The summed E-state index contributed by atoms with van der Waals surface area (Å²) < 4.78 is 0. The Balaban J connectivity index is 2.23. The number of nitrogens with zero attached hydrogens (tertiary/aromatic N) is 1. The van der Waals surface area contributed by atoms with Gasteiger partial charge in [0, 0.05) is 19.5 Å². The van der Waals surface area contributed by atoms with Crippen molar-refractivity contribution in [1.29, 1.82) is 0 Å². The molecule has 1 heterocycles. The van der Waals surface area contributed by atoms with Crippen molar-refractivity contribution in [3.63, 3.8) is 0 Å². The summed E-state index contributed by atoms with van der Waals surface area (Å²) in [7, 11) is 0. The Hall–Kier alpha value is -0.120. The van der Waals surface area contributed by atoms with Crippen molar-refractivity contribution >= 4 is 0 Å². The number of rotatable bonds is 0. The van der Waals surface area contributed by atoms with E-state index in [2.05, 4.69) is 5.32 Å². The zero-order valence-corrected chi connectivity index (χ0v) is 4.62. The lowest BCUT2D eigenvalue weighted by Gasteiger charge is -2.20. The molecular formula is C5H10NO2. The Bertz CT molecular complexity index is 68.8. The van der Waals surface area contributed by atoms with Gasteiger partial charge in [-0.2, -0.15) is 0 Å². The quantitative estimate of drug-likeness (QED) is 0.414. The number of hydrogen-bond donors (Lipinski definition) is 2. The third-order valence-corrected chi connectivity index (χ3v) is 1.22. The normalized spacial score (nSPS) is 39.8. The van der Waals surface area contributed by atoms with Crippen LogP contribution in [0.5, 0.6) is 0 Å². The molecular weight excluding hydrogens is 106 g/mol. The minimum atomic E-state index is -0.404. The first-order valence-corrected chi connectivity index (χ1v) is 2.78. The van der Waals surface area contributed by atoms with Gasteiger partial charge in [-0.1, -0.05) is 0 Å². The standard InChI is InChI=1S/C5H10NO2/c7-4-1-5(8)3-6-2-4/h4-5,7-8H,1-3H2. The van der Waals surface area contributed by atoms with Crippen LogP contribution in [0.3, 0.4) is 0 Å². The molecule has 2 N–H and O–H groups in total. The molecule has 0 saturated carbocycles. The van der Waals surface area contributed by atoms with Gasteiger partial charge in [0.15, 0.2) is 0 Å². The molecule has 2 unspecified atom stereocenters. The Morgan fingerprint density at radius 1 is 1.12 bits per heavy atom. The van der Waals surface area contributed by atoms with Crippen LogP contribution in [-0.4, -0.2) is 35.5 Å². The fourth-order valence-corrected chi connectivity index (χ4v) is 0.836. The minimum absolute atomic E-state index is 0.404. The van der Waals surface area contributed by atoms with Crippen LogP contribution in [0.15, 0.2) is 0 Å². The SMILES string of the molecule is OC1C[N]CC(O)C1. The molecule has 2 atom stereocenters. The third-order valence-electron chi connectivity index (χ3n) is 1.22. The average molecular weight is 116 g/mol. The van der Waals surface area contributed by atoms with Gasteiger partial charge in [-0.05, 0) is 0 Å². The van der Waals surface area contributed by atoms with Gasteiger partial charge >= 0.3 is 0 Å². The summed E-state index contributed by atoms with van der Waals surface area (Å²) in [5.74, 6) is 0. The lowest BCUT2D eigenvalue weighted by Crippen LogP contribution is -2.37. The van der Waals surface area contributed by atoms with Crippen LogP contribution >= 0.6 is 0 Å². The highest BCUT2D eigenvalue weighted by molar-refractivity contribution is 4.73. The van der Waals surface area contributed by atoms with E-state index in [1.807, 2.05) is 0 Å². The van der Waals surface area contributed by atoms with E-state index in [1.54, 1.807) is 0 Å². The predicted octanol–water partition coefficient (Wildman–Crippen LogP) is -1.28. The Labute approximate surface area is 48.3 Å². The van der Waals surface area contributed by atoms with E-state index in [-0.39, 0.29) is 0 Å². The van der Waals surface area contributed by atoms with Crippen molar-refractivity contribution in [2.75, 3.05) is 13.1 Å². The second-order valence-corrected chi connectivity index (χ2v) is 2.13. The van der Waals surface area contributed by atoms with Crippen LogP contribution in [0.2, 0.25) is 0 Å². The van der Waals surface area contributed by atoms with Crippen LogP contribution in [0.1, 0.15) is 6.42 Å². The summed E-state index contributed by atoms with van der Waals surface area (Å²) in [5.41, 5.74) is 0. The van der Waals surface area contributed by atoms with Gasteiger partial charge in [0.2, 0.25) is 0 Å². The summed E-state index contributed by atoms with van der Waals surface area (Å²) in [4.78, 5) is 0. The summed E-state index contributed by atoms with van der Waals surface area (Å²) in [6.45, 7) is 0.994. The van der Waals surface area contributed by atoms with Gasteiger partial charge < -0.3 is 10.2 Å². The zero-order valence-electron chi connectivity index (χ0n) is 4.62. The minimum Gasteiger partial charge on any atom is -0.392 e. The topological polar surface area (TPSA) is 54.6 Å². The van der Waals surface area contributed by atoms with E-state index < -0.39 is 12.2 Å². The summed E-state index contributed by atoms with van der Waals surface area (Å²) in [6, 6.07) is 0. The first kappa shape index (κ1) is 6.01. The fourth-order valence-electron chi connectivity index (χ4n) is 0.836. The predicted molar refractivity (Wildman–Crippen MR) is 28.5 cm³/mol. The third kappa shape index (κ3) is 1.43. The fraction of sp³-hybridized carbons (Fsp3) is 1.00. The van der Waals surface area contributed by atoms with Crippen LogP contribution in [-0.2, 0) is 0 Å². The van der Waals surface area contributed by atoms with Gasteiger partial charge in [-0.3, -0.25) is 0 Å². The lowest BCUT2D eigenvalue weighted by molar-refractivity contribution is 0.0512. The molecule has 3 heteroatoms. The maximum Gasteiger partial charge on any atom is 0.0706 e. The monoisotopic (exact) mass is 116 g/mol. The van der Waals surface area contributed by atoms with Crippen molar-refractivity contribution in [1.82, 2.24) is 5.32 Å². The van der Waals surface area contributed by atoms with Gasteiger partial charge in [0.25, 0.3) is 0 Å². The highest BCUT2D eigenvalue weighted by Gasteiger charge is 2.17. The number of piperidine rings is 1. The molecule has 47 valence electrons. The summed E-state index contributed by atoms with van der Waals surface area (Å²) in [5, 5.41) is 21.5. The molecule has 1 radical (unpaired) electrons. The lowest BCUT2D eigenvalue weighted by atomic mass is 10.1. The molecule has 0 bridgehead atoms. The van der Waals surface area contributed by atoms with Crippen LogP contribution in [0, 0.1) is 0 Å². The number of aliphatic hydroxyl groups is 2. The Morgan fingerprint density at radius 2 is 1.62 bits per heavy atom. The van der Waals surface area contributed by atoms with E-state index in [1.165, 1.54) is 0 Å². The molecule has 0 spiro atoms. The molecule has 0 aliphatic carbocycles. The Morgan fingerprint density at radius 3 is 1.88 bits per heavy atom. The molecule has 1 aliphatic heterocycles. The molecule has 1 aliphatic rings. The molecule has 8 heavy (non-hydrogen) atoms. The Kier molecular flexibility index (Phi) is 1.83. The van der Waals surface area contributed by atoms with Crippen LogP contribution in [0.25, 0.3) is 0 Å². The van der Waals surface area contributed by atoms with E-state index in [9.17, 15) is 0 Å². The highest BCUT2D eigenvalue weighted by Crippen LogP contribution is 2.01. The van der Waals surface area contributed by atoms with E-state index in [0.717, 1.165) is 0 Å². The molecule has 0 aromatic rings. The number of hydrogen-bond acceptors (Lipinski definition) is 2. The second kappa shape index (κ2) is 2.44. The molecule has 0 amide bonds. The van der Waals surface area contributed by atoms with E-state index >= 15 is 0 Å². The first-order chi connectivity index (χ1) is 3.79. The van der Waals surface area contributed by atoms with Crippen molar-refractivity contribution in [3.8, 4) is 0 Å². The molecule has 3 nitrogen and oxygen atoms in total. The molecule has 1 saturated heterocycles. The molecule has 1 fully saturated rings. The first-order valence-electron chi connectivity index (χ1n) is 2.78. The maximum absolute atomic E-state index is 8.83. The maximum atomic E-state index is 8.83. The van der Waals surface area contributed by atoms with Gasteiger partial charge in [0.1, 0.15) is 0 Å². The zero-order chi connectivity index (χ0) is 5.98. The molecule has 0 aromatic carbocycles. The summed E-state index contributed by atoms with van der Waals surface area (Å²) >= 11 is 0. The smallest absolute Gasteiger partial charge is 0.0706 e. The number of aliphatic hydroxyl groups excluding tert-OH is 2.